The van der Waals surface area contributed by atoms with Crippen LogP contribution in [-0.4, -0.2) is 65.7 Å². The molecule has 0 spiro atoms. The molecule has 0 amide bonds. The van der Waals surface area contributed by atoms with Crippen LogP contribution in [0.1, 0.15) is 23.6 Å². The van der Waals surface area contributed by atoms with Crippen molar-refractivity contribution in [1.29, 1.82) is 0 Å². The molecule has 6 nitrogen and oxygen atoms in total. The molecule has 29 heavy (non-hydrogen) atoms. The van der Waals surface area contributed by atoms with E-state index in [1.807, 2.05) is 12.1 Å². The summed E-state index contributed by atoms with van der Waals surface area (Å²) >= 11 is 6.00. The number of piperidine rings is 1. The largest absolute Gasteiger partial charge is 0.356 e. The minimum absolute atomic E-state index is 0.217. The number of rotatable bonds is 3. The van der Waals surface area contributed by atoms with Crippen molar-refractivity contribution >= 4 is 17.4 Å². The van der Waals surface area contributed by atoms with Gasteiger partial charge in [0, 0.05) is 75.7 Å². The molecular formula is C22H28ClN5O. The van der Waals surface area contributed by atoms with Crippen molar-refractivity contribution in [3.05, 3.63) is 57.1 Å². The predicted molar refractivity (Wildman–Crippen MR) is 116 cm³/mol. The number of hydrogen-bond donors (Lipinski definition) is 0. The maximum absolute atomic E-state index is 13.3. The maximum atomic E-state index is 13.3. The molecule has 2 atom stereocenters. The molecule has 5 heterocycles. The maximum Gasteiger partial charge on any atom is 0.255 e. The Labute approximate surface area is 176 Å². The van der Waals surface area contributed by atoms with Gasteiger partial charge in [0.1, 0.15) is 5.82 Å². The molecule has 0 saturated carbocycles. The van der Waals surface area contributed by atoms with Crippen LogP contribution in [0, 0.1) is 5.92 Å². The molecule has 2 aromatic rings. The van der Waals surface area contributed by atoms with E-state index in [4.69, 9.17) is 11.6 Å². The molecule has 3 aliphatic rings. The number of nitrogens with zero attached hydrogens (tertiary/aromatic N) is 5. The highest BCUT2D eigenvalue weighted by Gasteiger charge is 2.35. The second-order valence-corrected chi connectivity index (χ2v) is 9.25. The highest BCUT2D eigenvalue weighted by Crippen LogP contribution is 2.36. The van der Waals surface area contributed by atoms with Crippen molar-refractivity contribution in [3.8, 4) is 0 Å². The first-order valence-corrected chi connectivity index (χ1v) is 10.9. The van der Waals surface area contributed by atoms with Crippen LogP contribution >= 0.6 is 11.6 Å². The standard InChI is InChI=1S/C22H28ClN5O/c1-25-6-8-26(9-7-25)14-17-2-4-20-18-10-16(13-28(20)22(17)29)12-27(15-18)21-5-3-19(23)11-24-21/h2-5,11,16,18H,6-10,12-15H2,1H3/t16-,18+/m0/s1. The Morgan fingerprint density at radius 2 is 1.90 bits per heavy atom. The molecule has 2 saturated heterocycles. The number of piperazine rings is 1. The fraction of sp³-hybridized carbons (Fsp3) is 0.545. The molecule has 0 unspecified atom stereocenters. The van der Waals surface area contributed by atoms with E-state index in [1.165, 1.54) is 5.69 Å². The molecule has 0 N–H and O–H groups in total. The molecule has 3 aliphatic heterocycles. The first kappa shape index (κ1) is 19.1. The highest BCUT2D eigenvalue weighted by molar-refractivity contribution is 6.30. The van der Waals surface area contributed by atoms with E-state index in [1.54, 1.807) is 6.20 Å². The van der Waals surface area contributed by atoms with Gasteiger partial charge in [-0.15, -0.1) is 0 Å². The first-order chi connectivity index (χ1) is 14.1. The van der Waals surface area contributed by atoms with E-state index in [9.17, 15) is 4.79 Å². The predicted octanol–water partition coefficient (Wildman–Crippen LogP) is 2.27. The molecule has 7 heteroatoms. The topological polar surface area (TPSA) is 44.6 Å². The minimum Gasteiger partial charge on any atom is -0.356 e. The normalized spacial score (nSPS) is 25.1. The number of likely N-dealkylation sites (N-methyl/N-ethyl adjacent to an activating group) is 1. The van der Waals surface area contributed by atoms with Crippen LogP contribution in [-0.2, 0) is 13.1 Å². The van der Waals surface area contributed by atoms with Gasteiger partial charge in [-0.2, -0.15) is 0 Å². The lowest BCUT2D eigenvalue weighted by molar-refractivity contribution is 0.147. The summed E-state index contributed by atoms with van der Waals surface area (Å²) in [6, 6.07) is 8.17. The van der Waals surface area contributed by atoms with Gasteiger partial charge in [0.15, 0.2) is 0 Å². The van der Waals surface area contributed by atoms with Gasteiger partial charge in [-0.05, 0) is 37.6 Å². The quantitative estimate of drug-likeness (QED) is 0.772. The number of aromatic nitrogens is 2. The van der Waals surface area contributed by atoms with Crippen LogP contribution in [0.25, 0.3) is 0 Å². The summed E-state index contributed by atoms with van der Waals surface area (Å²) < 4.78 is 2.07. The van der Waals surface area contributed by atoms with Crippen molar-refractivity contribution in [2.75, 3.05) is 51.2 Å². The fourth-order valence-corrected chi connectivity index (χ4v) is 5.21. The van der Waals surface area contributed by atoms with E-state index < -0.39 is 0 Å². The van der Waals surface area contributed by atoms with Gasteiger partial charge in [0.25, 0.3) is 5.56 Å². The molecule has 0 radical (unpaired) electrons. The van der Waals surface area contributed by atoms with E-state index in [2.05, 4.69) is 43.4 Å². The smallest absolute Gasteiger partial charge is 0.255 e. The molecule has 2 aromatic heterocycles. The van der Waals surface area contributed by atoms with E-state index in [0.29, 0.717) is 16.9 Å². The van der Waals surface area contributed by atoms with Crippen LogP contribution in [0.4, 0.5) is 5.82 Å². The SMILES string of the molecule is CN1CCN(Cc2ccc3n(c2=O)C[C@H]2C[C@@H]3CN(c3ccc(Cl)cn3)C2)CC1. The van der Waals surface area contributed by atoms with Crippen LogP contribution in [0.15, 0.2) is 35.3 Å². The Morgan fingerprint density at radius 3 is 2.66 bits per heavy atom. The molecule has 154 valence electrons. The third-order valence-electron chi connectivity index (χ3n) is 6.71. The van der Waals surface area contributed by atoms with Gasteiger partial charge in [0.05, 0.1) is 5.02 Å². The summed E-state index contributed by atoms with van der Waals surface area (Å²) in [7, 11) is 2.16. The zero-order valence-electron chi connectivity index (χ0n) is 16.9. The van der Waals surface area contributed by atoms with Crippen molar-refractivity contribution < 1.29 is 0 Å². The second kappa shape index (κ2) is 7.74. The summed E-state index contributed by atoms with van der Waals surface area (Å²) in [5.41, 5.74) is 2.34. The summed E-state index contributed by atoms with van der Waals surface area (Å²) in [6.45, 7) is 7.64. The average Bonchev–Trinajstić information content (AvgIpc) is 2.72. The lowest BCUT2D eigenvalue weighted by atomic mass is 9.83. The van der Waals surface area contributed by atoms with E-state index in [0.717, 1.165) is 70.2 Å². The van der Waals surface area contributed by atoms with Crippen LogP contribution in [0.3, 0.4) is 0 Å². The summed E-state index contributed by atoms with van der Waals surface area (Å²) in [5.74, 6) is 1.84. The van der Waals surface area contributed by atoms with Crippen LogP contribution in [0.2, 0.25) is 5.02 Å². The fourth-order valence-electron chi connectivity index (χ4n) is 5.10. The number of halogens is 1. The van der Waals surface area contributed by atoms with Crippen molar-refractivity contribution in [2.45, 2.75) is 25.4 Å². The minimum atomic E-state index is 0.217. The summed E-state index contributed by atoms with van der Waals surface area (Å²) in [6.07, 6.45) is 2.87. The van der Waals surface area contributed by atoms with Gasteiger partial charge >= 0.3 is 0 Å². The zero-order valence-corrected chi connectivity index (χ0v) is 17.7. The summed E-state index contributed by atoms with van der Waals surface area (Å²) in [4.78, 5) is 24.9. The Hall–Kier alpha value is -1.89. The Morgan fingerprint density at radius 1 is 1.07 bits per heavy atom. The Balaban J connectivity index is 1.36. The third-order valence-corrected chi connectivity index (χ3v) is 6.93. The molecular weight excluding hydrogens is 386 g/mol. The van der Waals surface area contributed by atoms with Crippen molar-refractivity contribution in [3.63, 3.8) is 0 Å². The number of fused-ring (bicyclic) bond motifs is 4. The van der Waals surface area contributed by atoms with Gasteiger partial charge in [0.2, 0.25) is 0 Å². The molecule has 0 aliphatic carbocycles. The lowest BCUT2D eigenvalue weighted by Crippen LogP contribution is -2.48. The van der Waals surface area contributed by atoms with Gasteiger partial charge < -0.3 is 14.4 Å². The molecule has 0 aromatic carbocycles. The zero-order chi connectivity index (χ0) is 20.0. The molecule has 5 rings (SSSR count). The lowest BCUT2D eigenvalue weighted by Gasteiger charge is -2.43. The van der Waals surface area contributed by atoms with Gasteiger partial charge in [-0.25, -0.2) is 4.98 Å². The number of hydrogen-bond acceptors (Lipinski definition) is 5. The second-order valence-electron chi connectivity index (χ2n) is 8.82. The molecule has 2 fully saturated rings. The Bertz CT molecular complexity index is 935. The Kier molecular flexibility index (Phi) is 5.10. The third kappa shape index (κ3) is 3.81. The monoisotopic (exact) mass is 413 g/mol. The highest BCUT2D eigenvalue weighted by atomic mass is 35.5. The number of pyridine rings is 2. The van der Waals surface area contributed by atoms with Gasteiger partial charge in [-0.3, -0.25) is 9.69 Å². The van der Waals surface area contributed by atoms with Crippen LogP contribution < -0.4 is 10.5 Å². The first-order valence-electron chi connectivity index (χ1n) is 10.6. The van der Waals surface area contributed by atoms with Crippen molar-refractivity contribution in [2.24, 2.45) is 5.92 Å². The average molecular weight is 414 g/mol. The van der Waals surface area contributed by atoms with Crippen LogP contribution in [0.5, 0.6) is 0 Å². The molecule has 2 bridgehead atoms. The summed E-state index contributed by atoms with van der Waals surface area (Å²) in [5, 5.41) is 0.663. The van der Waals surface area contributed by atoms with E-state index >= 15 is 0 Å². The van der Waals surface area contributed by atoms with Crippen molar-refractivity contribution in [1.82, 2.24) is 19.4 Å². The number of anilines is 1. The van der Waals surface area contributed by atoms with E-state index in [-0.39, 0.29) is 5.56 Å². The van der Waals surface area contributed by atoms with Gasteiger partial charge in [-0.1, -0.05) is 17.7 Å².